The first kappa shape index (κ1) is 16.9. The van der Waals surface area contributed by atoms with Gasteiger partial charge in [-0.1, -0.05) is 23.7 Å². The summed E-state index contributed by atoms with van der Waals surface area (Å²) in [5.74, 6) is 0.982. The number of pyridine rings is 1. The number of aromatic nitrogens is 1. The number of nitriles is 1. The van der Waals surface area contributed by atoms with Crippen molar-refractivity contribution in [3.8, 4) is 6.07 Å². The molecule has 0 aliphatic carbocycles. The normalized spacial score (nSPS) is 22.7. The second kappa shape index (κ2) is 6.62. The van der Waals surface area contributed by atoms with Crippen molar-refractivity contribution in [1.29, 1.82) is 5.26 Å². The van der Waals surface area contributed by atoms with Gasteiger partial charge in [-0.15, -0.1) is 0 Å². The second-order valence-corrected chi connectivity index (χ2v) is 7.39. The average molecular weight is 367 g/mol. The third kappa shape index (κ3) is 2.81. The van der Waals surface area contributed by atoms with Crippen LogP contribution in [-0.2, 0) is 4.79 Å². The van der Waals surface area contributed by atoms with Crippen molar-refractivity contribution in [3.05, 3.63) is 53.2 Å². The molecular formula is C20H19ClN4O. The molecule has 2 saturated heterocycles. The molecule has 0 saturated carbocycles. The van der Waals surface area contributed by atoms with Gasteiger partial charge in [0.05, 0.1) is 21.7 Å². The Morgan fingerprint density at radius 1 is 1.15 bits per heavy atom. The van der Waals surface area contributed by atoms with Gasteiger partial charge in [-0.05, 0) is 43.5 Å². The van der Waals surface area contributed by atoms with Gasteiger partial charge in [0.15, 0.2) is 0 Å². The monoisotopic (exact) mass is 366 g/mol. The lowest BCUT2D eigenvalue weighted by molar-refractivity contribution is -0.126. The van der Waals surface area contributed by atoms with Gasteiger partial charge in [-0.25, -0.2) is 4.98 Å². The van der Waals surface area contributed by atoms with Gasteiger partial charge in [-0.2, -0.15) is 5.26 Å². The van der Waals surface area contributed by atoms with Crippen LogP contribution in [0, 0.1) is 16.7 Å². The van der Waals surface area contributed by atoms with E-state index in [1.807, 2.05) is 35.2 Å². The third-order valence-electron chi connectivity index (χ3n) is 5.43. The van der Waals surface area contributed by atoms with Crippen LogP contribution in [0.5, 0.6) is 0 Å². The molecule has 132 valence electrons. The maximum Gasteiger partial charge on any atom is 0.235 e. The van der Waals surface area contributed by atoms with E-state index in [0.29, 0.717) is 23.7 Å². The summed E-state index contributed by atoms with van der Waals surface area (Å²) in [6, 6.07) is 13.2. The summed E-state index contributed by atoms with van der Waals surface area (Å²) in [7, 11) is 0. The maximum absolute atomic E-state index is 13.3. The molecule has 0 radical (unpaired) electrons. The second-order valence-electron chi connectivity index (χ2n) is 6.98. The number of para-hydroxylation sites is 1. The largest absolute Gasteiger partial charge is 0.356 e. The molecule has 3 heterocycles. The summed E-state index contributed by atoms with van der Waals surface area (Å²) >= 11 is 6.31. The fourth-order valence-electron chi connectivity index (χ4n) is 4.07. The lowest BCUT2D eigenvalue weighted by Gasteiger charge is -2.39. The predicted octanol–water partition coefficient (Wildman–Crippen LogP) is 3.63. The first-order valence-corrected chi connectivity index (χ1v) is 9.18. The van der Waals surface area contributed by atoms with Crippen LogP contribution in [-0.4, -0.2) is 30.5 Å². The van der Waals surface area contributed by atoms with Crippen LogP contribution in [0.25, 0.3) is 0 Å². The number of rotatable bonds is 2. The SMILES string of the molecule is N#Cc1ccc(N2CCCC3(CCN(c4ccccc4Cl)C3=O)C2)nc1. The van der Waals surface area contributed by atoms with Gasteiger partial charge < -0.3 is 9.80 Å². The van der Waals surface area contributed by atoms with E-state index >= 15 is 0 Å². The number of carbonyl (C=O) groups excluding carboxylic acids is 1. The Balaban J connectivity index is 1.58. The van der Waals surface area contributed by atoms with E-state index < -0.39 is 0 Å². The first-order valence-electron chi connectivity index (χ1n) is 8.81. The Labute approximate surface area is 157 Å². The topological polar surface area (TPSA) is 60.2 Å². The molecule has 5 nitrogen and oxygen atoms in total. The number of carbonyl (C=O) groups is 1. The quantitative estimate of drug-likeness (QED) is 0.814. The van der Waals surface area contributed by atoms with E-state index in [0.717, 1.165) is 37.3 Å². The number of hydrogen-bond acceptors (Lipinski definition) is 4. The molecule has 2 fully saturated rings. The van der Waals surface area contributed by atoms with Crippen LogP contribution in [0.1, 0.15) is 24.8 Å². The predicted molar refractivity (Wildman–Crippen MR) is 101 cm³/mol. The van der Waals surface area contributed by atoms with Crippen LogP contribution >= 0.6 is 11.6 Å². The van der Waals surface area contributed by atoms with E-state index in [1.165, 1.54) is 0 Å². The van der Waals surface area contributed by atoms with Crippen molar-refractivity contribution in [3.63, 3.8) is 0 Å². The highest BCUT2D eigenvalue weighted by Gasteiger charge is 2.49. The molecule has 1 atom stereocenters. The van der Waals surface area contributed by atoms with Crippen molar-refractivity contribution >= 4 is 29.0 Å². The van der Waals surface area contributed by atoms with Crippen LogP contribution in [0.15, 0.2) is 42.6 Å². The Morgan fingerprint density at radius 3 is 2.73 bits per heavy atom. The number of benzene rings is 1. The molecular weight excluding hydrogens is 348 g/mol. The number of piperidine rings is 1. The Bertz CT molecular complexity index is 876. The third-order valence-corrected chi connectivity index (χ3v) is 5.75. The molecule has 0 N–H and O–H groups in total. The number of amides is 1. The molecule has 1 amide bonds. The van der Waals surface area contributed by atoms with Gasteiger partial charge in [0.25, 0.3) is 0 Å². The highest BCUT2D eigenvalue weighted by Crippen LogP contribution is 2.43. The van der Waals surface area contributed by atoms with Crippen molar-refractivity contribution in [2.75, 3.05) is 29.4 Å². The summed E-state index contributed by atoms with van der Waals surface area (Å²) < 4.78 is 0. The Hall–Kier alpha value is -2.58. The molecule has 1 spiro atoms. The van der Waals surface area contributed by atoms with Gasteiger partial charge in [-0.3, -0.25) is 4.79 Å². The van der Waals surface area contributed by atoms with Gasteiger partial charge in [0, 0.05) is 25.8 Å². The van der Waals surface area contributed by atoms with E-state index in [2.05, 4.69) is 16.0 Å². The average Bonchev–Trinajstić information content (AvgIpc) is 2.98. The highest BCUT2D eigenvalue weighted by molar-refractivity contribution is 6.34. The fraction of sp³-hybridized carbons (Fsp3) is 0.350. The van der Waals surface area contributed by atoms with Crippen LogP contribution < -0.4 is 9.80 Å². The molecule has 1 aromatic heterocycles. The van der Waals surface area contributed by atoms with Crippen molar-refractivity contribution in [2.24, 2.45) is 5.41 Å². The smallest absolute Gasteiger partial charge is 0.235 e. The molecule has 2 aliphatic rings. The Morgan fingerprint density at radius 2 is 2.00 bits per heavy atom. The van der Waals surface area contributed by atoms with Gasteiger partial charge in [0.1, 0.15) is 11.9 Å². The number of nitrogens with zero attached hydrogens (tertiary/aromatic N) is 4. The molecule has 2 aliphatic heterocycles. The highest BCUT2D eigenvalue weighted by atomic mass is 35.5. The fourth-order valence-corrected chi connectivity index (χ4v) is 4.30. The molecule has 1 aromatic carbocycles. The zero-order valence-corrected chi connectivity index (χ0v) is 15.1. The Kier molecular flexibility index (Phi) is 4.29. The van der Waals surface area contributed by atoms with Crippen LogP contribution in [0.3, 0.4) is 0 Å². The molecule has 1 unspecified atom stereocenters. The summed E-state index contributed by atoms with van der Waals surface area (Å²) in [5.41, 5.74) is 0.958. The molecule has 4 rings (SSSR count). The number of hydrogen-bond donors (Lipinski definition) is 0. The summed E-state index contributed by atoms with van der Waals surface area (Å²) in [5, 5.41) is 9.55. The standard InChI is InChI=1S/C20H19ClN4O/c21-16-4-1-2-5-17(16)25-11-9-20(19(25)26)8-3-10-24(14-20)18-7-6-15(12-22)13-23-18/h1-2,4-7,13H,3,8-11,14H2. The van der Waals surface area contributed by atoms with Crippen molar-refractivity contribution in [2.45, 2.75) is 19.3 Å². The van der Waals surface area contributed by atoms with E-state index in [1.54, 1.807) is 12.3 Å². The van der Waals surface area contributed by atoms with Crippen LogP contribution in [0.4, 0.5) is 11.5 Å². The van der Waals surface area contributed by atoms with E-state index in [-0.39, 0.29) is 11.3 Å². The zero-order valence-electron chi connectivity index (χ0n) is 14.4. The first-order chi connectivity index (χ1) is 12.6. The minimum atomic E-state index is -0.382. The van der Waals surface area contributed by atoms with Crippen LogP contribution in [0.2, 0.25) is 5.02 Å². The lowest BCUT2D eigenvalue weighted by Crippen LogP contribution is -2.48. The minimum absolute atomic E-state index is 0.156. The maximum atomic E-state index is 13.3. The zero-order chi connectivity index (χ0) is 18.1. The van der Waals surface area contributed by atoms with E-state index in [9.17, 15) is 4.79 Å². The minimum Gasteiger partial charge on any atom is -0.356 e. The van der Waals surface area contributed by atoms with Crippen molar-refractivity contribution in [1.82, 2.24) is 4.98 Å². The van der Waals surface area contributed by atoms with Crippen molar-refractivity contribution < 1.29 is 4.79 Å². The van der Waals surface area contributed by atoms with Gasteiger partial charge in [0.2, 0.25) is 5.91 Å². The number of halogens is 1. The molecule has 0 bridgehead atoms. The summed E-state index contributed by atoms with van der Waals surface area (Å²) in [4.78, 5) is 21.7. The summed E-state index contributed by atoms with van der Waals surface area (Å²) in [6.45, 7) is 2.23. The number of anilines is 2. The molecule has 2 aromatic rings. The molecule has 26 heavy (non-hydrogen) atoms. The van der Waals surface area contributed by atoms with Gasteiger partial charge >= 0.3 is 0 Å². The molecule has 6 heteroatoms. The van der Waals surface area contributed by atoms with E-state index in [4.69, 9.17) is 16.9 Å². The summed E-state index contributed by atoms with van der Waals surface area (Å²) in [6.07, 6.45) is 4.25. The lowest BCUT2D eigenvalue weighted by atomic mass is 9.78.